The summed E-state index contributed by atoms with van der Waals surface area (Å²) in [7, 11) is 0. The molecule has 0 spiro atoms. The topological polar surface area (TPSA) is 50.7 Å². The van der Waals surface area contributed by atoms with E-state index in [-0.39, 0.29) is 39.7 Å². The quantitative estimate of drug-likeness (QED) is 0.495. The Morgan fingerprint density at radius 2 is 1.81 bits per heavy atom. The number of alkyl halides is 3. The average molecular weight is 506 g/mol. The molecule has 2 aromatic rings. The lowest BCUT2D eigenvalue weighted by Gasteiger charge is -2.29. The molecule has 1 aliphatic carbocycles. The number of carbonyl (C=O) groups excluding carboxylic acids is 1. The highest BCUT2D eigenvalue weighted by Gasteiger charge is 2.62. The Balaban J connectivity index is 1.58. The Morgan fingerprint density at radius 3 is 2.41 bits per heavy atom. The second-order valence-corrected chi connectivity index (χ2v) is 9.22. The second kappa shape index (κ2) is 8.76. The number of carbonyl (C=O) groups is 1. The van der Waals surface area contributed by atoms with Crippen LogP contribution in [0.2, 0.25) is 15.1 Å². The number of amides is 1. The van der Waals surface area contributed by atoms with Crippen LogP contribution in [0, 0.1) is 5.92 Å². The van der Waals surface area contributed by atoms with Crippen LogP contribution in [0.4, 0.5) is 13.2 Å². The third-order valence-electron chi connectivity index (χ3n) is 5.82. The Bertz CT molecular complexity index is 1070. The first-order valence-corrected chi connectivity index (χ1v) is 11.1. The number of oxime groups is 1. The fraction of sp³-hybridized carbons (Fsp3) is 0.364. The van der Waals surface area contributed by atoms with Gasteiger partial charge in [0.25, 0.3) is 5.60 Å². The van der Waals surface area contributed by atoms with Crippen molar-refractivity contribution < 1.29 is 22.8 Å². The highest BCUT2D eigenvalue weighted by molar-refractivity contribution is 6.34. The van der Waals surface area contributed by atoms with E-state index in [0.717, 1.165) is 19.3 Å². The van der Waals surface area contributed by atoms with E-state index in [0.29, 0.717) is 16.1 Å². The molecule has 32 heavy (non-hydrogen) atoms. The summed E-state index contributed by atoms with van der Waals surface area (Å²) < 4.78 is 42.5. The van der Waals surface area contributed by atoms with Gasteiger partial charge in [0, 0.05) is 39.5 Å². The van der Waals surface area contributed by atoms with Gasteiger partial charge in [0.1, 0.15) is 0 Å². The first-order chi connectivity index (χ1) is 15.1. The molecule has 1 unspecified atom stereocenters. The minimum Gasteiger partial charge on any atom is -0.374 e. The first-order valence-electron chi connectivity index (χ1n) is 9.94. The molecule has 0 aromatic heterocycles. The van der Waals surface area contributed by atoms with Gasteiger partial charge in [0.15, 0.2) is 0 Å². The number of halogens is 6. The third kappa shape index (κ3) is 4.43. The summed E-state index contributed by atoms with van der Waals surface area (Å²) in [5, 5.41) is 7.11. The molecule has 1 aliphatic heterocycles. The zero-order valence-corrected chi connectivity index (χ0v) is 18.9. The van der Waals surface area contributed by atoms with Gasteiger partial charge in [-0.2, -0.15) is 13.2 Å². The van der Waals surface area contributed by atoms with Crippen molar-refractivity contribution in [2.45, 2.75) is 44.0 Å². The summed E-state index contributed by atoms with van der Waals surface area (Å²) >= 11 is 18.1. The predicted molar refractivity (Wildman–Crippen MR) is 117 cm³/mol. The second-order valence-electron chi connectivity index (χ2n) is 7.94. The van der Waals surface area contributed by atoms with Gasteiger partial charge in [-0.25, -0.2) is 0 Å². The monoisotopic (exact) mass is 504 g/mol. The van der Waals surface area contributed by atoms with Crippen LogP contribution < -0.4 is 5.32 Å². The fourth-order valence-electron chi connectivity index (χ4n) is 3.73. The summed E-state index contributed by atoms with van der Waals surface area (Å²) in [6.07, 6.45) is -2.59. The van der Waals surface area contributed by atoms with Crippen LogP contribution in [0.15, 0.2) is 41.6 Å². The van der Waals surface area contributed by atoms with Crippen molar-refractivity contribution in [2.75, 3.05) is 0 Å². The van der Waals surface area contributed by atoms with Gasteiger partial charge in [-0.3, -0.25) is 4.79 Å². The van der Waals surface area contributed by atoms with E-state index in [1.54, 1.807) is 18.2 Å². The summed E-state index contributed by atoms with van der Waals surface area (Å²) in [4.78, 5) is 17.1. The van der Waals surface area contributed by atoms with Crippen molar-refractivity contribution in [3.05, 3.63) is 68.2 Å². The van der Waals surface area contributed by atoms with Gasteiger partial charge >= 0.3 is 6.18 Å². The van der Waals surface area contributed by atoms with E-state index >= 15 is 0 Å². The van der Waals surface area contributed by atoms with Gasteiger partial charge in [0.2, 0.25) is 5.91 Å². The molecule has 0 bridgehead atoms. The van der Waals surface area contributed by atoms with Crippen LogP contribution in [0.3, 0.4) is 0 Å². The number of benzene rings is 2. The molecule has 0 saturated heterocycles. The first kappa shape index (κ1) is 23.2. The Hall–Kier alpha value is -1.96. The minimum atomic E-state index is -4.78. The van der Waals surface area contributed by atoms with Gasteiger partial charge < -0.3 is 10.2 Å². The smallest absolute Gasteiger partial charge is 0.374 e. The number of rotatable bonds is 5. The lowest BCUT2D eigenvalue weighted by molar-refractivity contribution is -0.275. The SMILES string of the molecule is O=C(NCc1cc(C2=NOC(c3cc(Cl)cc(Cl)c3)(C(F)(F)F)C2)ccc1Cl)C1CCC1. The van der Waals surface area contributed by atoms with Crippen molar-refractivity contribution >= 4 is 46.4 Å². The summed E-state index contributed by atoms with van der Waals surface area (Å²) in [6.45, 7) is 0.171. The van der Waals surface area contributed by atoms with Crippen molar-refractivity contribution in [3.63, 3.8) is 0 Å². The molecule has 2 aromatic carbocycles. The molecule has 4 nitrogen and oxygen atoms in total. The fourth-order valence-corrected chi connectivity index (χ4v) is 4.44. The Kier molecular flexibility index (Phi) is 6.36. The molecule has 1 atom stereocenters. The summed E-state index contributed by atoms with van der Waals surface area (Å²) in [5.41, 5.74) is -1.85. The molecule has 170 valence electrons. The third-order valence-corrected chi connectivity index (χ3v) is 6.63. The molecule has 1 fully saturated rings. The normalized spacial score (nSPS) is 21.0. The van der Waals surface area contributed by atoms with E-state index in [1.807, 2.05) is 0 Å². The van der Waals surface area contributed by atoms with Crippen molar-refractivity contribution in [1.29, 1.82) is 0 Å². The number of hydrogen-bond donors (Lipinski definition) is 1. The van der Waals surface area contributed by atoms with Crippen LogP contribution in [0.5, 0.6) is 0 Å². The van der Waals surface area contributed by atoms with Crippen molar-refractivity contribution in [1.82, 2.24) is 5.32 Å². The molecular formula is C22H18Cl3F3N2O2. The van der Waals surface area contributed by atoms with Gasteiger partial charge in [-0.1, -0.05) is 52.4 Å². The molecule has 0 radical (unpaired) electrons. The van der Waals surface area contributed by atoms with Gasteiger partial charge in [0.05, 0.1) is 5.71 Å². The molecule has 1 heterocycles. The van der Waals surface area contributed by atoms with Crippen molar-refractivity contribution in [3.8, 4) is 0 Å². The maximum Gasteiger partial charge on any atom is 0.435 e. The molecule has 4 rings (SSSR count). The lowest BCUT2D eigenvalue weighted by Crippen LogP contribution is -2.42. The van der Waals surface area contributed by atoms with E-state index < -0.39 is 18.2 Å². The number of nitrogens with zero attached hydrogens (tertiary/aromatic N) is 1. The van der Waals surface area contributed by atoms with E-state index in [1.165, 1.54) is 18.2 Å². The largest absolute Gasteiger partial charge is 0.435 e. The standard InChI is InChI=1S/C22H18Cl3F3N2O2/c23-16-7-15(8-17(24)9-16)21(22(26,27)28)10-19(30-32-21)13-4-5-18(25)14(6-13)11-29-20(31)12-2-1-3-12/h4-9,12H,1-3,10-11H2,(H,29,31). The van der Waals surface area contributed by atoms with Crippen LogP contribution >= 0.6 is 34.8 Å². The van der Waals surface area contributed by atoms with Crippen LogP contribution in [-0.4, -0.2) is 17.8 Å². The zero-order chi connectivity index (χ0) is 23.1. The predicted octanol–water partition coefficient (Wildman–Crippen LogP) is 6.65. The molecule has 1 saturated carbocycles. The van der Waals surface area contributed by atoms with Crippen molar-refractivity contribution in [2.24, 2.45) is 11.1 Å². The molecule has 1 N–H and O–H groups in total. The van der Waals surface area contributed by atoms with E-state index in [4.69, 9.17) is 39.6 Å². The molecule has 2 aliphatic rings. The highest BCUT2D eigenvalue weighted by Crippen LogP contribution is 2.49. The summed E-state index contributed by atoms with van der Waals surface area (Å²) in [6, 6.07) is 8.43. The Morgan fingerprint density at radius 1 is 1.12 bits per heavy atom. The average Bonchev–Trinajstić information content (AvgIpc) is 3.12. The van der Waals surface area contributed by atoms with Crippen LogP contribution in [-0.2, 0) is 21.8 Å². The number of nitrogens with one attached hydrogen (secondary N) is 1. The lowest BCUT2D eigenvalue weighted by atomic mass is 9.85. The molecule has 10 heteroatoms. The maximum atomic E-state index is 14.2. The zero-order valence-electron chi connectivity index (χ0n) is 16.6. The van der Waals surface area contributed by atoms with Gasteiger partial charge in [-0.05, 0) is 54.3 Å². The van der Waals surface area contributed by atoms with E-state index in [2.05, 4.69) is 10.5 Å². The van der Waals surface area contributed by atoms with E-state index in [9.17, 15) is 18.0 Å². The Labute approximate surface area is 197 Å². The molecule has 1 amide bonds. The summed E-state index contributed by atoms with van der Waals surface area (Å²) in [5.74, 6) is -0.0327. The maximum absolute atomic E-state index is 14.2. The van der Waals surface area contributed by atoms with Crippen LogP contribution in [0.25, 0.3) is 0 Å². The minimum absolute atomic E-state index is 0.0153. The molecular weight excluding hydrogens is 488 g/mol. The highest BCUT2D eigenvalue weighted by atomic mass is 35.5. The van der Waals surface area contributed by atoms with Gasteiger partial charge in [-0.15, -0.1) is 0 Å². The number of hydrogen-bond acceptors (Lipinski definition) is 3. The van der Waals surface area contributed by atoms with Crippen LogP contribution in [0.1, 0.15) is 42.4 Å².